The molecule has 0 saturated heterocycles. The Labute approximate surface area is 172 Å². The number of urea groups is 1. The van der Waals surface area contributed by atoms with E-state index in [2.05, 4.69) is 44.6 Å². The third kappa shape index (κ3) is 5.42. The van der Waals surface area contributed by atoms with Crippen LogP contribution >= 0.6 is 0 Å². The topological polar surface area (TPSA) is 66.3 Å². The molecule has 0 aliphatic rings. The summed E-state index contributed by atoms with van der Waals surface area (Å²) >= 11 is 0. The molecule has 0 aliphatic carbocycles. The van der Waals surface area contributed by atoms with Gasteiger partial charge in [-0.15, -0.1) is 0 Å². The molecular formula is C22H28N6O. The summed E-state index contributed by atoms with van der Waals surface area (Å²) in [6.07, 6.45) is 3.16. The number of amides is 2. The van der Waals surface area contributed by atoms with Gasteiger partial charge < -0.3 is 15.1 Å². The van der Waals surface area contributed by atoms with Gasteiger partial charge in [0.05, 0.1) is 11.7 Å². The molecule has 3 rings (SSSR count). The molecule has 2 amide bonds. The van der Waals surface area contributed by atoms with Crippen molar-refractivity contribution in [1.82, 2.24) is 29.9 Å². The minimum Gasteiger partial charge on any atom is -0.334 e. The van der Waals surface area contributed by atoms with Crippen molar-refractivity contribution in [3.05, 3.63) is 77.9 Å². The number of carbonyl (C=O) groups is 1. The Morgan fingerprint density at radius 2 is 1.69 bits per heavy atom. The smallest absolute Gasteiger partial charge is 0.317 e. The molecule has 1 unspecified atom stereocenters. The molecule has 29 heavy (non-hydrogen) atoms. The van der Waals surface area contributed by atoms with Gasteiger partial charge in [0.25, 0.3) is 0 Å². The van der Waals surface area contributed by atoms with Gasteiger partial charge in [-0.25, -0.2) is 14.5 Å². The van der Waals surface area contributed by atoms with E-state index in [1.165, 1.54) is 11.9 Å². The molecule has 0 radical (unpaired) electrons. The molecule has 152 valence electrons. The molecule has 1 heterocycles. The van der Waals surface area contributed by atoms with Gasteiger partial charge >= 0.3 is 6.03 Å². The van der Waals surface area contributed by atoms with E-state index in [9.17, 15) is 4.79 Å². The molecule has 0 bridgehead atoms. The third-order valence-electron chi connectivity index (χ3n) is 4.93. The van der Waals surface area contributed by atoms with Crippen LogP contribution in [0.15, 0.2) is 61.2 Å². The second kappa shape index (κ2) is 9.34. The van der Waals surface area contributed by atoms with E-state index in [1.54, 1.807) is 15.9 Å². The minimum atomic E-state index is -0.102. The molecule has 0 spiro atoms. The monoisotopic (exact) mass is 392 g/mol. The lowest BCUT2D eigenvalue weighted by molar-refractivity contribution is 0.194. The molecule has 7 heteroatoms. The predicted octanol–water partition coefficient (Wildman–Crippen LogP) is 3.23. The van der Waals surface area contributed by atoms with E-state index in [1.807, 2.05) is 52.3 Å². The molecule has 3 aromatic rings. The van der Waals surface area contributed by atoms with Crippen LogP contribution in [-0.4, -0.2) is 51.7 Å². The van der Waals surface area contributed by atoms with Crippen molar-refractivity contribution in [3.63, 3.8) is 0 Å². The third-order valence-corrected chi connectivity index (χ3v) is 4.93. The maximum atomic E-state index is 12.6. The van der Waals surface area contributed by atoms with Crippen LogP contribution < -0.4 is 5.32 Å². The fourth-order valence-corrected chi connectivity index (χ4v) is 3.08. The number of carbonyl (C=O) groups excluding carboxylic acids is 1. The molecule has 0 aliphatic heterocycles. The maximum absolute atomic E-state index is 12.6. The molecule has 7 nitrogen and oxygen atoms in total. The number of nitrogens with zero attached hydrogens (tertiary/aromatic N) is 5. The lowest BCUT2D eigenvalue weighted by Crippen LogP contribution is -2.38. The Morgan fingerprint density at radius 1 is 1.03 bits per heavy atom. The lowest BCUT2D eigenvalue weighted by Gasteiger charge is -2.26. The Kier molecular flexibility index (Phi) is 6.61. The van der Waals surface area contributed by atoms with E-state index in [0.29, 0.717) is 6.54 Å². The fourth-order valence-electron chi connectivity index (χ4n) is 3.08. The van der Waals surface area contributed by atoms with Crippen molar-refractivity contribution in [1.29, 1.82) is 0 Å². The van der Waals surface area contributed by atoms with E-state index in [0.717, 1.165) is 23.4 Å². The molecule has 1 atom stereocenters. The van der Waals surface area contributed by atoms with Crippen LogP contribution in [0.25, 0.3) is 5.69 Å². The van der Waals surface area contributed by atoms with Crippen molar-refractivity contribution in [2.24, 2.45) is 0 Å². The standard InChI is InChI=1S/C22H28N6O/c1-17(20-9-11-21(12-10-20)28-16-23-15-25-28)27(4)22(29)24-13-18-5-7-19(8-6-18)14-26(2)3/h5-12,15-17H,13-14H2,1-4H3,(H,24,29). The summed E-state index contributed by atoms with van der Waals surface area (Å²) in [6.45, 7) is 3.42. The van der Waals surface area contributed by atoms with Crippen LogP contribution in [0.2, 0.25) is 0 Å². The second-order valence-electron chi connectivity index (χ2n) is 7.43. The van der Waals surface area contributed by atoms with Gasteiger partial charge in [-0.1, -0.05) is 36.4 Å². The summed E-state index contributed by atoms with van der Waals surface area (Å²) in [7, 11) is 5.91. The van der Waals surface area contributed by atoms with Crippen molar-refractivity contribution >= 4 is 6.03 Å². The summed E-state index contributed by atoms with van der Waals surface area (Å²) in [5.41, 5.74) is 4.33. The number of hydrogen-bond acceptors (Lipinski definition) is 4. The van der Waals surface area contributed by atoms with Crippen molar-refractivity contribution in [2.75, 3.05) is 21.1 Å². The van der Waals surface area contributed by atoms with Gasteiger partial charge in [0.2, 0.25) is 0 Å². The molecule has 1 N–H and O–H groups in total. The number of aromatic nitrogens is 3. The summed E-state index contributed by atoms with van der Waals surface area (Å²) in [4.78, 5) is 20.4. The molecule has 0 saturated carbocycles. The Hall–Kier alpha value is -3.19. The average Bonchev–Trinajstić information content (AvgIpc) is 3.26. The van der Waals surface area contributed by atoms with Crippen LogP contribution in [0, 0.1) is 0 Å². The first-order valence-corrected chi connectivity index (χ1v) is 9.62. The van der Waals surface area contributed by atoms with Crippen LogP contribution in [0.1, 0.15) is 29.7 Å². The Bertz CT molecular complexity index is 903. The lowest BCUT2D eigenvalue weighted by atomic mass is 10.1. The average molecular weight is 393 g/mol. The minimum absolute atomic E-state index is 0.0535. The fraction of sp³-hybridized carbons (Fsp3) is 0.318. The highest BCUT2D eigenvalue weighted by Gasteiger charge is 2.17. The van der Waals surface area contributed by atoms with E-state index >= 15 is 0 Å². The van der Waals surface area contributed by atoms with Gasteiger partial charge in [0.1, 0.15) is 12.7 Å². The van der Waals surface area contributed by atoms with Crippen LogP contribution in [-0.2, 0) is 13.1 Å². The predicted molar refractivity (Wildman–Crippen MR) is 114 cm³/mol. The Balaban J connectivity index is 1.55. The zero-order chi connectivity index (χ0) is 20.8. The highest BCUT2D eigenvalue weighted by molar-refractivity contribution is 5.74. The van der Waals surface area contributed by atoms with Crippen molar-refractivity contribution in [3.8, 4) is 5.69 Å². The number of benzene rings is 2. The van der Waals surface area contributed by atoms with Gasteiger partial charge in [0.15, 0.2) is 0 Å². The second-order valence-corrected chi connectivity index (χ2v) is 7.43. The largest absolute Gasteiger partial charge is 0.334 e. The van der Waals surface area contributed by atoms with E-state index in [-0.39, 0.29) is 12.1 Å². The SMILES string of the molecule is CC(c1ccc(-n2cncn2)cc1)N(C)C(=O)NCc1ccc(CN(C)C)cc1. The van der Waals surface area contributed by atoms with Crippen molar-refractivity contribution < 1.29 is 4.79 Å². The zero-order valence-corrected chi connectivity index (χ0v) is 17.4. The summed E-state index contributed by atoms with van der Waals surface area (Å²) in [5.74, 6) is 0. The normalized spacial score (nSPS) is 12.0. The molecule has 0 fully saturated rings. The van der Waals surface area contributed by atoms with Crippen LogP contribution in [0.5, 0.6) is 0 Å². The first-order valence-electron chi connectivity index (χ1n) is 9.62. The molecular weight excluding hydrogens is 364 g/mol. The van der Waals surface area contributed by atoms with Gasteiger partial charge in [-0.3, -0.25) is 0 Å². The molecule has 1 aromatic heterocycles. The van der Waals surface area contributed by atoms with Gasteiger partial charge in [-0.2, -0.15) is 5.10 Å². The molecule has 2 aromatic carbocycles. The first-order chi connectivity index (χ1) is 13.9. The quantitative estimate of drug-likeness (QED) is 0.670. The van der Waals surface area contributed by atoms with Crippen LogP contribution in [0.3, 0.4) is 0 Å². The highest BCUT2D eigenvalue weighted by Crippen LogP contribution is 2.20. The van der Waals surface area contributed by atoms with E-state index in [4.69, 9.17) is 0 Å². The summed E-state index contributed by atoms with van der Waals surface area (Å²) in [5, 5.41) is 7.12. The Morgan fingerprint density at radius 3 is 2.28 bits per heavy atom. The first kappa shape index (κ1) is 20.5. The highest BCUT2D eigenvalue weighted by atomic mass is 16.2. The summed E-state index contributed by atoms with van der Waals surface area (Å²) in [6, 6.07) is 16.1. The number of rotatable bonds is 7. The zero-order valence-electron chi connectivity index (χ0n) is 17.4. The van der Waals surface area contributed by atoms with E-state index < -0.39 is 0 Å². The van der Waals surface area contributed by atoms with Gasteiger partial charge in [0, 0.05) is 20.1 Å². The number of hydrogen-bond donors (Lipinski definition) is 1. The van der Waals surface area contributed by atoms with Crippen molar-refractivity contribution in [2.45, 2.75) is 26.1 Å². The maximum Gasteiger partial charge on any atom is 0.317 e. The summed E-state index contributed by atoms with van der Waals surface area (Å²) < 4.78 is 1.70. The van der Waals surface area contributed by atoms with Crippen LogP contribution in [0.4, 0.5) is 4.79 Å². The van der Waals surface area contributed by atoms with Gasteiger partial charge in [-0.05, 0) is 49.8 Å². The number of nitrogens with one attached hydrogen (secondary N) is 1.